The molecule has 0 aliphatic carbocycles. The average Bonchev–Trinajstić information content (AvgIpc) is 3.00. The molecule has 0 saturated carbocycles. The number of hydrazone groups is 1. The molecule has 3 amide bonds. The van der Waals surface area contributed by atoms with E-state index in [0.717, 1.165) is 28.5 Å². The van der Waals surface area contributed by atoms with E-state index >= 15 is 0 Å². The fourth-order valence-electron chi connectivity index (χ4n) is 4.29. The molecule has 236 valence electrons. The van der Waals surface area contributed by atoms with E-state index in [9.17, 15) is 14.4 Å². The van der Waals surface area contributed by atoms with Gasteiger partial charge < -0.3 is 29.6 Å². The first-order chi connectivity index (χ1) is 21.6. The van der Waals surface area contributed by atoms with Crippen LogP contribution >= 0.6 is 61.1 Å². The molecule has 1 aliphatic rings. The van der Waals surface area contributed by atoms with Crippen LogP contribution in [0, 0.1) is 7.14 Å². The summed E-state index contributed by atoms with van der Waals surface area (Å²) in [5, 5.41) is 9.39. The lowest BCUT2D eigenvalue weighted by Gasteiger charge is -2.28. The molecule has 3 aromatic rings. The van der Waals surface area contributed by atoms with E-state index in [1.807, 2.05) is 36.4 Å². The number of rotatable bonds is 12. The predicted octanol–water partition coefficient (Wildman–Crippen LogP) is 5.97. The Balaban J connectivity index is 1.35. The zero-order valence-corrected chi connectivity index (χ0v) is 30.3. The van der Waals surface area contributed by atoms with Crippen molar-refractivity contribution in [2.45, 2.75) is 26.5 Å². The van der Waals surface area contributed by atoms with Gasteiger partial charge in [0.15, 0.2) is 18.1 Å². The number of carbonyl (C=O) groups excluding carboxylic acids is 3. The van der Waals surface area contributed by atoms with Crippen molar-refractivity contribution < 1.29 is 33.3 Å². The highest BCUT2D eigenvalue weighted by atomic mass is 127. The lowest BCUT2D eigenvalue weighted by atomic mass is 9.95. The van der Waals surface area contributed by atoms with Crippen LogP contribution in [0.2, 0.25) is 0 Å². The van der Waals surface area contributed by atoms with Crippen molar-refractivity contribution in [1.82, 2.24) is 16.1 Å². The molecule has 0 saturated heterocycles. The molecule has 1 heterocycles. The molecule has 14 heteroatoms. The molecule has 0 aromatic heterocycles. The highest BCUT2D eigenvalue weighted by molar-refractivity contribution is 14.1. The van der Waals surface area contributed by atoms with Gasteiger partial charge in [0.25, 0.3) is 5.91 Å². The normalized spacial score (nSPS) is 14.4. The smallest absolute Gasteiger partial charge is 0.338 e. The fraction of sp³-hybridized carbons (Fsp3) is 0.226. The van der Waals surface area contributed by atoms with Gasteiger partial charge in [-0.3, -0.25) is 4.79 Å². The third-order valence-electron chi connectivity index (χ3n) is 6.36. The van der Waals surface area contributed by atoms with Gasteiger partial charge in [0.1, 0.15) is 12.4 Å². The van der Waals surface area contributed by atoms with Gasteiger partial charge in [-0.05, 0) is 112 Å². The van der Waals surface area contributed by atoms with Crippen molar-refractivity contribution in [1.29, 1.82) is 0 Å². The fourth-order valence-corrected chi connectivity index (χ4v) is 6.68. The van der Waals surface area contributed by atoms with Crippen LogP contribution in [0.3, 0.4) is 0 Å². The Morgan fingerprint density at radius 2 is 1.76 bits per heavy atom. The summed E-state index contributed by atoms with van der Waals surface area (Å²) in [6, 6.07) is 15.4. The summed E-state index contributed by atoms with van der Waals surface area (Å²) in [6.45, 7) is 3.63. The van der Waals surface area contributed by atoms with Crippen LogP contribution in [0.1, 0.15) is 36.6 Å². The van der Waals surface area contributed by atoms with Crippen LogP contribution in [0.25, 0.3) is 0 Å². The molecule has 1 aliphatic heterocycles. The maximum absolute atomic E-state index is 12.6. The summed E-state index contributed by atoms with van der Waals surface area (Å²) in [6.07, 6.45) is 1.54. The number of halogens is 3. The van der Waals surface area contributed by atoms with E-state index in [1.165, 1.54) is 7.11 Å². The molecular formula is C31H29BrI2N4O7. The minimum atomic E-state index is -0.767. The van der Waals surface area contributed by atoms with E-state index < -0.39 is 23.9 Å². The molecule has 0 radical (unpaired) electrons. The SMILES string of the molecule is CCOC(=O)C1=C(C)NC(=O)N[C@H]1c1ccc(OCC(=O)N/N=C\c2cc(I)c(OCc3ccc(Br)cc3)c(I)c2)c(OC)c1. The summed E-state index contributed by atoms with van der Waals surface area (Å²) < 4.78 is 25.2. The number of nitrogens with zero attached hydrogens (tertiary/aromatic N) is 1. The molecule has 0 fully saturated rings. The summed E-state index contributed by atoms with van der Waals surface area (Å²) in [7, 11) is 1.45. The van der Waals surface area contributed by atoms with Gasteiger partial charge in [0.05, 0.1) is 38.7 Å². The zero-order valence-electron chi connectivity index (χ0n) is 24.4. The first-order valence-electron chi connectivity index (χ1n) is 13.5. The molecule has 0 spiro atoms. The van der Waals surface area contributed by atoms with E-state index in [-0.39, 0.29) is 18.8 Å². The Kier molecular flexibility index (Phi) is 12.5. The van der Waals surface area contributed by atoms with Gasteiger partial charge in [-0.1, -0.05) is 34.1 Å². The highest BCUT2D eigenvalue weighted by Crippen LogP contribution is 2.35. The number of allylic oxidation sites excluding steroid dienone is 1. The minimum absolute atomic E-state index is 0.187. The predicted molar refractivity (Wildman–Crippen MR) is 188 cm³/mol. The van der Waals surface area contributed by atoms with E-state index in [2.05, 4.69) is 82.3 Å². The van der Waals surface area contributed by atoms with Gasteiger partial charge in [-0.25, -0.2) is 15.0 Å². The third kappa shape index (κ3) is 9.32. The Morgan fingerprint density at radius 3 is 2.42 bits per heavy atom. The van der Waals surface area contributed by atoms with Crippen molar-refractivity contribution >= 4 is 85.2 Å². The van der Waals surface area contributed by atoms with E-state index in [4.69, 9.17) is 18.9 Å². The van der Waals surface area contributed by atoms with Crippen molar-refractivity contribution in [2.75, 3.05) is 20.3 Å². The first-order valence-corrected chi connectivity index (χ1v) is 16.5. The van der Waals surface area contributed by atoms with Crippen LogP contribution in [0.4, 0.5) is 4.79 Å². The summed E-state index contributed by atoms with van der Waals surface area (Å²) in [5.74, 6) is 0.352. The Morgan fingerprint density at radius 1 is 1.04 bits per heavy atom. The van der Waals surface area contributed by atoms with Crippen LogP contribution < -0.4 is 30.3 Å². The van der Waals surface area contributed by atoms with Gasteiger partial charge in [-0.15, -0.1) is 0 Å². The molecule has 0 bridgehead atoms. The van der Waals surface area contributed by atoms with Gasteiger partial charge >= 0.3 is 12.0 Å². The Labute approximate surface area is 295 Å². The second-order valence-electron chi connectivity index (χ2n) is 9.51. The molecule has 11 nitrogen and oxygen atoms in total. The van der Waals surface area contributed by atoms with Crippen molar-refractivity contribution in [3.05, 3.63) is 94.2 Å². The van der Waals surface area contributed by atoms with Crippen molar-refractivity contribution in [3.63, 3.8) is 0 Å². The number of hydrogen-bond acceptors (Lipinski definition) is 8. The molecule has 45 heavy (non-hydrogen) atoms. The summed E-state index contributed by atoms with van der Waals surface area (Å²) >= 11 is 7.86. The van der Waals surface area contributed by atoms with Crippen LogP contribution in [-0.2, 0) is 20.9 Å². The first kappa shape index (κ1) is 34.5. The van der Waals surface area contributed by atoms with Gasteiger partial charge in [0, 0.05) is 10.2 Å². The largest absolute Gasteiger partial charge is 0.493 e. The maximum atomic E-state index is 12.6. The standard InChI is InChI=1S/C31H29BrI2N4O7/c1-4-43-30(40)27-17(2)36-31(41)37-28(27)20-7-10-24(25(13-20)42-3)44-16-26(39)38-35-14-19-11-22(33)29(23(34)12-19)45-15-18-5-8-21(32)9-6-18/h5-14,28H,4,15-16H2,1-3H3,(H,38,39)(H2,36,37,41)/b35-14-/t28-/m0/s1. The molecule has 1 atom stereocenters. The number of hydrogen-bond donors (Lipinski definition) is 3. The maximum Gasteiger partial charge on any atom is 0.338 e. The number of benzene rings is 3. The zero-order chi connectivity index (χ0) is 32.5. The number of esters is 1. The number of ether oxygens (including phenoxy) is 4. The topological polar surface area (TPSA) is 137 Å². The molecule has 3 N–H and O–H groups in total. The Bertz CT molecular complexity index is 1620. The van der Waals surface area contributed by atoms with Crippen molar-refractivity contribution in [3.8, 4) is 17.2 Å². The monoisotopic (exact) mass is 902 g/mol. The number of urea groups is 1. The number of methoxy groups -OCH3 is 1. The molecular weight excluding hydrogens is 874 g/mol. The summed E-state index contributed by atoms with van der Waals surface area (Å²) in [5.41, 5.74) is 5.54. The second kappa shape index (κ2) is 16.3. The lowest BCUT2D eigenvalue weighted by Crippen LogP contribution is -2.45. The number of nitrogens with one attached hydrogen (secondary N) is 3. The third-order valence-corrected chi connectivity index (χ3v) is 8.50. The molecule has 0 unspecified atom stereocenters. The van der Waals surface area contributed by atoms with E-state index in [1.54, 1.807) is 38.3 Å². The van der Waals surface area contributed by atoms with Crippen LogP contribution in [0.15, 0.2) is 75.4 Å². The highest BCUT2D eigenvalue weighted by Gasteiger charge is 2.32. The average molecular weight is 903 g/mol. The lowest BCUT2D eigenvalue weighted by molar-refractivity contribution is -0.139. The Hall–Kier alpha value is -3.38. The number of amides is 3. The van der Waals surface area contributed by atoms with Crippen molar-refractivity contribution in [2.24, 2.45) is 5.10 Å². The molecule has 3 aromatic carbocycles. The van der Waals surface area contributed by atoms with Crippen LogP contribution in [-0.4, -0.2) is 44.4 Å². The summed E-state index contributed by atoms with van der Waals surface area (Å²) in [4.78, 5) is 37.3. The van der Waals surface area contributed by atoms with Gasteiger partial charge in [-0.2, -0.15) is 5.10 Å². The second-order valence-corrected chi connectivity index (χ2v) is 12.8. The number of carbonyl (C=O) groups is 3. The quantitative estimate of drug-likeness (QED) is 0.0884. The van der Waals surface area contributed by atoms with E-state index in [0.29, 0.717) is 29.4 Å². The minimum Gasteiger partial charge on any atom is -0.493 e. The van der Waals surface area contributed by atoms with Crippen LogP contribution in [0.5, 0.6) is 17.2 Å². The molecule has 4 rings (SSSR count). The van der Waals surface area contributed by atoms with Gasteiger partial charge in [0.2, 0.25) is 0 Å².